The molecular formula is C19H17ClFNO4. The van der Waals surface area contributed by atoms with Crippen molar-refractivity contribution in [3.05, 3.63) is 58.9 Å². The van der Waals surface area contributed by atoms with Crippen LogP contribution in [0, 0.1) is 11.7 Å². The largest absolute Gasteiger partial charge is 0.492 e. The Morgan fingerprint density at radius 1 is 1.31 bits per heavy atom. The van der Waals surface area contributed by atoms with E-state index in [0.29, 0.717) is 17.2 Å². The molecule has 1 aliphatic heterocycles. The third-order valence-corrected chi connectivity index (χ3v) is 4.29. The molecule has 3 rings (SSSR count). The van der Waals surface area contributed by atoms with E-state index in [4.69, 9.17) is 21.1 Å². The van der Waals surface area contributed by atoms with Gasteiger partial charge in [-0.3, -0.25) is 9.59 Å². The topological polar surface area (TPSA) is 64.6 Å². The van der Waals surface area contributed by atoms with Crippen LogP contribution in [0.5, 0.6) is 5.75 Å². The molecule has 0 aromatic heterocycles. The number of para-hydroxylation sites is 1. The highest BCUT2D eigenvalue weighted by Gasteiger charge is 2.30. The second kappa shape index (κ2) is 7.74. The summed E-state index contributed by atoms with van der Waals surface area (Å²) in [5.74, 6) is -1.57. The van der Waals surface area contributed by atoms with Crippen LogP contribution in [0.3, 0.4) is 0 Å². The number of hydrogen-bond donors (Lipinski definition) is 1. The average molecular weight is 378 g/mol. The fourth-order valence-electron chi connectivity index (χ4n) is 2.64. The number of hydrogen-bond acceptors (Lipinski definition) is 4. The number of halogens is 2. The molecule has 0 spiro atoms. The minimum Gasteiger partial charge on any atom is -0.492 e. The third kappa shape index (κ3) is 4.14. The first-order valence-corrected chi connectivity index (χ1v) is 8.49. The van der Waals surface area contributed by atoms with Gasteiger partial charge in [-0.15, -0.1) is 0 Å². The lowest BCUT2D eigenvalue weighted by Crippen LogP contribution is -2.36. The second-order valence-corrected chi connectivity index (χ2v) is 6.45. The molecule has 0 radical (unpaired) electrons. The highest BCUT2D eigenvalue weighted by atomic mass is 35.5. The van der Waals surface area contributed by atoms with Crippen LogP contribution in [-0.4, -0.2) is 24.6 Å². The Labute approximate surface area is 155 Å². The molecule has 2 aromatic rings. The molecule has 26 heavy (non-hydrogen) atoms. The van der Waals surface area contributed by atoms with Crippen molar-refractivity contribution in [2.45, 2.75) is 19.4 Å². The van der Waals surface area contributed by atoms with E-state index < -0.39 is 29.7 Å². The fraction of sp³-hybridized carbons (Fsp3) is 0.263. The normalized spacial score (nSPS) is 16.8. The van der Waals surface area contributed by atoms with E-state index >= 15 is 0 Å². The lowest BCUT2D eigenvalue weighted by molar-refractivity contribution is -0.158. The van der Waals surface area contributed by atoms with Crippen LogP contribution in [0.25, 0.3) is 0 Å². The Kier molecular flexibility index (Phi) is 5.42. The van der Waals surface area contributed by atoms with Crippen molar-refractivity contribution in [2.75, 3.05) is 11.9 Å². The van der Waals surface area contributed by atoms with Crippen molar-refractivity contribution in [3.63, 3.8) is 0 Å². The lowest BCUT2D eigenvalue weighted by Gasteiger charge is -2.25. The van der Waals surface area contributed by atoms with Gasteiger partial charge in [0.25, 0.3) is 5.91 Å². The van der Waals surface area contributed by atoms with E-state index in [1.54, 1.807) is 24.3 Å². The van der Waals surface area contributed by atoms with Crippen LogP contribution in [0.15, 0.2) is 42.5 Å². The number of anilines is 1. The molecule has 2 aromatic carbocycles. The number of fused-ring (bicyclic) bond motifs is 1. The highest BCUT2D eigenvalue weighted by Crippen LogP contribution is 2.30. The van der Waals surface area contributed by atoms with E-state index in [0.717, 1.165) is 5.56 Å². The molecule has 5 nitrogen and oxygen atoms in total. The van der Waals surface area contributed by atoms with Crippen molar-refractivity contribution in [1.82, 2.24) is 0 Å². The molecule has 0 aliphatic carbocycles. The van der Waals surface area contributed by atoms with Gasteiger partial charge in [0.05, 0.1) is 11.6 Å². The predicted octanol–water partition coefficient (Wildman–Crippen LogP) is 3.60. The summed E-state index contributed by atoms with van der Waals surface area (Å²) in [6.07, 6.45) is -0.654. The van der Waals surface area contributed by atoms with Crippen molar-refractivity contribution in [3.8, 4) is 5.75 Å². The van der Waals surface area contributed by atoms with E-state index in [1.165, 1.54) is 25.1 Å². The Bertz CT molecular complexity index is 842. The zero-order chi connectivity index (χ0) is 18.7. The van der Waals surface area contributed by atoms with Gasteiger partial charge in [0, 0.05) is 5.02 Å². The second-order valence-electron chi connectivity index (χ2n) is 6.01. The summed E-state index contributed by atoms with van der Waals surface area (Å²) in [6, 6.07) is 11.0. The lowest BCUT2D eigenvalue weighted by atomic mass is 9.97. The van der Waals surface area contributed by atoms with Crippen LogP contribution in [0.4, 0.5) is 10.1 Å². The Hall–Kier alpha value is -2.60. The minimum absolute atomic E-state index is 0.0324. The summed E-state index contributed by atoms with van der Waals surface area (Å²) < 4.78 is 24.4. The Morgan fingerprint density at radius 3 is 2.85 bits per heavy atom. The molecule has 1 amide bonds. The van der Waals surface area contributed by atoms with E-state index in [9.17, 15) is 14.0 Å². The van der Waals surface area contributed by atoms with Gasteiger partial charge in [-0.25, -0.2) is 4.39 Å². The van der Waals surface area contributed by atoms with Crippen LogP contribution in [-0.2, 0) is 20.7 Å². The summed E-state index contributed by atoms with van der Waals surface area (Å²) in [6.45, 7) is 1.59. The standard InChI is InChI=1S/C19H17ClFNO4/c1-11(18(23)22-16-5-3-2-4-15(16)21)26-19(24)13-8-12-9-14(20)6-7-17(12)25-10-13/h2-7,9,11,13H,8,10H2,1H3,(H,22,23)/t11-,13-/m0/s1. The first-order chi connectivity index (χ1) is 12.4. The van der Waals surface area contributed by atoms with Crippen molar-refractivity contribution in [2.24, 2.45) is 5.92 Å². The Balaban J connectivity index is 1.59. The first-order valence-electron chi connectivity index (χ1n) is 8.11. The summed E-state index contributed by atoms with van der Waals surface area (Å²) in [5, 5.41) is 2.96. The Morgan fingerprint density at radius 2 is 2.08 bits per heavy atom. The van der Waals surface area contributed by atoms with Gasteiger partial charge in [0.2, 0.25) is 0 Å². The van der Waals surface area contributed by atoms with Gasteiger partial charge in [-0.1, -0.05) is 23.7 Å². The van der Waals surface area contributed by atoms with Crippen molar-refractivity contribution in [1.29, 1.82) is 0 Å². The van der Waals surface area contributed by atoms with Gasteiger partial charge >= 0.3 is 5.97 Å². The van der Waals surface area contributed by atoms with E-state index in [1.807, 2.05) is 0 Å². The number of amides is 1. The van der Waals surface area contributed by atoms with E-state index in [-0.39, 0.29) is 12.3 Å². The van der Waals surface area contributed by atoms with Gasteiger partial charge in [0.1, 0.15) is 18.2 Å². The quantitative estimate of drug-likeness (QED) is 0.827. The van der Waals surface area contributed by atoms with Gasteiger partial charge in [0.15, 0.2) is 6.10 Å². The molecule has 1 aliphatic rings. The minimum atomic E-state index is -1.07. The third-order valence-electron chi connectivity index (χ3n) is 4.06. The number of benzene rings is 2. The molecule has 2 atom stereocenters. The maximum absolute atomic E-state index is 13.6. The summed E-state index contributed by atoms with van der Waals surface area (Å²) in [4.78, 5) is 24.5. The fourth-order valence-corrected chi connectivity index (χ4v) is 2.83. The molecule has 0 saturated carbocycles. The molecule has 7 heteroatoms. The summed E-state index contributed by atoms with van der Waals surface area (Å²) >= 11 is 5.96. The van der Waals surface area contributed by atoms with E-state index in [2.05, 4.69) is 5.32 Å². The number of ether oxygens (including phenoxy) is 2. The predicted molar refractivity (Wildman–Crippen MR) is 94.7 cm³/mol. The zero-order valence-corrected chi connectivity index (χ0v) is 14.8. The number of carbonyl (C=O) groups is 2. The molecule has 0 saturated heterocycles. The van der Waals surface area contributed by atoms with Crippen molar-refractivity contribution < 1.29 is 23.5 Å². The van der Waals surface area contributed by atoms with Gasteiger partial charge in [-0.2, -0.15) is 0 Å². The van der Waals surface area contributed by atoms with Crippen LogP contribution in [0.1, 0.15) is 12.5 Å². The smallest absolute Gasteiger partial charge is 0.313 e. The molecule has 1 heterocycles. The van der Waals surface area contributed by atoms with Gasteiger partial charge in [-0.05, 0) is 49.2 Å². The molecule has 136 valence electrons. The first kappa shape index (κ1) is 18.2. The highest BCUT2D eigenvalue weighted by molar-refractivity contribution is 6.30. The molecule has 0 fully saturated rings. The molecular weight excluding hydrogens is 361 g/mol. The van der Waals surface area contributed by atoms with Gasteiger partial charge < -0.3 is 14.8 Å². The van der Waals surface area contributed by atoms with Crippen LogP contribution >= 0.6 is 11.6 Å². The summed E-state index contributed by atoms with van der Waals surface area (Å²) in [5.41, 5.74) is 0.846. The number of esters is 1. The molecule has 0 bridgehead atoms. The zero-order valence-electron chi connectivity index (χ0n) is 14.0. The maximum Gasteiger partial charge on any atom is 0.313 e. The maximum atomic E-state index is 13.6. The SMILES string of the molecule is C[C@H](OC(=O)[C@@H]1COc2ccc(Cl)cc2C1)C(=O)Nc1ccccc1F. The monoisotopic (exact) mass is 377 g/mol. The van der Waals surface area contributed by atoms with Crippen molar-refractivity contribution >= 4 is 29.2 Å². The summed E-state index contributed by atoms with van der Waals surface area (Å²) in [7, 11) is 0. The molecule has 0 unspecified atom stereocenters. The van der Waals surface area contributed by atoms with Crippen LogP contribution < -0.4 is 10.1 Å². The number of rotatable bonds is 4. The number of carbonyl (C=O) groups excluding carboxylic acids is 2. The molecule has 1 N–H and O–H groups in total. The average Bonchev–Trinajstić information content (AvgIpc) is 2.62. The number of nitrogens with one attached hydrogen (secondary N) is 1. The van der Waals surface area contributed by atoms with Crippen LogP contribution in [0.2, 0.25) is 5.02 Å².